The molecular formula is C12H24ClN3O2. The molecule has 106 valence electrons. The summed E-state index contributed by atoms with van der Waals surface area (Å²) in [6.45, 7) is 4.41. The molecule has 0 bridgehead atoms. The molecule has 18 heavy (non-hydrogen) atoms. The smallest absolute Gasteiger partial charge is 0.220 e. The standard InChI is InChI=1S/C12H23N3O2.ClH/c1-2-7-14-11(16)5-6-12(17)15-9-10-4-3-8-13-10;/h10,13H,2-9H2,1H3,(H,14,16)(H,15,17);1H. The number of carbonyl (C=O) groups is 2. The van der Waals surface area contributed by atoms with Crippen molar-refractivity contribution in [2.24, 2.45) is 0 Å². The minimum atomic E-state index is -0.0407. The molecule has 0 aromatic heterocycles. The molecule has 6 heteroatoms. The van der Waals surface area contributed by atoms with E-state index >= 15 is 0 Å². The number of nitrogens with one attached hydrogen (secondary N) is 3. The van der Waals surface area contributed by atoms with E-state index in [1.807, 2.05) is 6.92 Å². The molecule has 3 N–H and O–H groups in total. The highest BCUT2D eigenvalue weighted by Gasteiger charge is 2.14. The van der Waals surface area contributed by atoms with E-state index in [4.69, 9.17) is 0 Å². The minimum Gasteiger partial charge on any atom is -0.356 e. The van der Waals surface area contributed by atoms with Crippen LogP contribution in [0.2, 0.25) is 0 Å². The molecule has 5 nitrogen and oxygen atoms in total. The van der Waals surface area contributed by atoms with Gasteiger partial charge in [-0.3, -0.25) is 9.59 Å². The fraction of sp³-hybridized carbons (Fsp3) is 0.833. The van der Waals surface area contributed by atoms with Gasteiger partial charge in [-0.25, -0.2) is 0 Å². The maximum absolute atomic E-state index is 11.5. The summed E-state index contributed by atoms with van der Waals surface area (Å²) in [5.74, 6) is -0.0775. The lowest BCUT2D eigenvalue weighted by molar-refractivity contribution is -0.126. The molecule has 0 saturated carbocycles. The predicted octanol–water partition coefficient (Wildman–Crippen LogP) is 0.583. The van der Waals surface area contributed by atoms with Crippen molar-refractivity contribution >= 4 is 24.2 Å². The van der Waals surface area contributed by atoms with E-state index < -0.39 is 0 Å². The van der Waals surface area contributed by atoms with Gasteiger partial charge in [-0.1, -0.05) is 6.92 Å². The average Bonchev–Trinajstić information content (AvgIpc) is 2.84. The van der Waals surface area contributed by atoms with Gasteiger partial charge in [0.05, 0.1) is 0 Å². The van der Waals surface area contributed by atoms with Crippen molar-refractivity contribution in [1.29, 1.82) is 0 Å². The third kappa shape index (κ3) is 7.50. The zero-order valence-corrected chi connectivity index (χ0v) is 11.8. The number of rotatable bonds is 7. The largest absolute Gasteiger partial charge is 0.356 e. The van der Waals surface area contributed by atoms with Crippen molar-refractivity contribution in [1.82, 2.24) is 16.0 Å². The molecule has 0 aromatic carbocycles. The van der Waals surface area contributed by atoms with Crippen LogP contribution >= 0.6 is 12.4 Å². The van der Waals surface area contributed by atoms with E-state index in [1.54, 1.807) is 0 Å². The zero-order chi connectivity index (χ0) is 12.5. The van der Waals surface area contributed by atoms with Crippen LogP contribution in [-0.4, -0.2) is 37.5 Å². The van der Waals surface area contributed by atoms with Crippen LogP contribution in [0.25, 0.3) is 0 Å². The Bertz CT molecular complexity index is 256. The molecule has 1 fully saturated rings. The Labute approximate surface area is 115 Å². The van der Waals surface area contributed by atoms with Gasteiger partial charge in [0.15, 0.2) is 0 Å². The molecule has 1 unspecified atom stereocenters. The molecule has 1 heterocycles. The Morgan fingerprint density at radius 2 is 1.89 bits per heavy atom. The lowest BCUT2D eigenvalue weighted by Gasteiger charge is -2.11. The van der Waals surface area contributed by atoms with Crippen LogP contribution in [0.4, 0.5) is 0 Å². The third-order valence-electron chi connectivity index (χ3n) is 2.86. The van der Waals surface area contributed by atoms with Gasteiger partial charge in [-0.15, -0.1) is 12.4 Å². The Morgan fingerprint density at radius 1 is 1.22 bits per heavy atom. The minimum absolute atomic E-state index is 0. The normalized spacial score (nSPS) is 17.9. The number of hydrogen-bond donors (Lipinski definition) is 3. The second-order valence-corrected chi connectivity index (χ2v) is 4.45. The third-order valence-corrected chi connectivity index (χ3v) is 2.86. The van der Waals surface area contributed by atoms with Gasteiger partial charge in [-0.05, 0) is 25.8 Å². The van der Waals surface area contributed by atoms with E-state index in [9.17, 15) is 9.59 Å². The topological polar surface area (TPSA) is 70.2 Å². The summed E-state index contributed by atoms with van der Waals surface area (Å²) >= 11 is 0. The second-order valence-electron chi connectivity index (χ2n) is 4.45. The van der Waals surface area contributed by atoms with Crippen molar-refractivity contribution in [2.75, 3.05) is 19.6 Å². The molecule has 1 aliphatic rings. The van der Waals surface area contributed by atoms with Crippen molar-refractivity contribution in [3.05, 3.63) is 0 Å². The van der Waals surface area contributed by atoms with Crippen molar-refractivity contribution in [3.63, 3.8) is 0 Å². The summed E-state index contributed by atoms with van der Waals surface area (Å²) in [5.41, 5.74) is 0. The summed E-state index contributed by atoms with van der Waals surface area (Å²) in [7, 11) is 0. The quantitative estimate of drug-likeness (QED) is 0.638. The molecule has 1 rings (SSSR count). The SMILES string of the molecule is CCCNC(=O)CCC(=O)NCC1CCCN1.Cl. The Balaban J connectivity index is 0.00000289. The van der Waals surface area contributed by atoms with Crippen LogP contribution in [-0.2, 0) is 9.59 Å². The summed E-state index contributed by atoms with van der Waals surface area (Å²) in [6.07, 6.45) is 3.79. The molecule has 1 aliphatic heterocycles. The van der Waals surface area contributed by atoms with Gasteiger partial charge in [0, 0.05) is 32.0 Å². The molecule has 0 aromatic rings. The molecule has 0 aliphatic carbocycles. The zero-order valence-electron chi connectivity index (χ0n) is 11.0. The molecule has 1 atom stereocenters. The van der Waals surface area contributed by atoms with Crippen LogP contribution in [0.1, 0.15) is 39.0 Å². The van der Waals surface area contributed by atoms with E-state index in [-0.39, 0.29) is 37.1 Å². The molecule has 0 spiro atoms. The first-order chi connectivity index (χ1) is 8.22. The first kappa shape index (κ1) is 17.2. The van der Waals surface area contributed by atoms with Gasteiger partial charge in [-0.2, -0.15) is 0 Å². The predicted molar refractivity (Wildman–Crippen MR) is 73.8 cm³/mol. The van der Waals surface area contributed by atoms with Gasteiger partial charge >= 0.3 is 0 Å². The number of halogens is 1. The highest BCUT2D eigenvalue weighted by atomic mass is 35.5. The molecule has 0 radical (unpaired) electrons. The van der Waals surface area contributed by atoms with Crippen molar-refractivity contribution in [2.45, 2.75) is 45.1 Å². The first-order valence-electron chi connectivity index (χ1n) is 6.49. The Hall–Kier alpha value is -0.810. The van der Waals surface area contributed by atoms with Crippen molar-refractivity contribution in [3.8, 4) is 0 Å². The van der Waals surface area contributed by atoms with Crippen LogP contribution in [0.5, 0.6) is 0 Å². The second kappa shape index (κ2) is 10.1. The fourth-order valence-corrected chi connectivity index (χ4v) is 1.84. The Morgan fingerprint density at radius 3 is 2.44 bits per heavy atom. The number of hydrogen-bond acceptors (Lipinski definition) is 3. The van der Waals surface area contributed by atoms with Gasteiger partial charge in [0.1, 0.15) is 0 Å². The molecule has 1 saturated heterocycles. The van der Waals surface area contributed by atoms with Crippen LogP contribution in [0, 0.1) is 0 Å². The molecular weight excluding hydrogens is 254 g/mol. The summed E-state index contributed by atoms with van der Waals surface area (Å²) < 4.78 is 0. The summed E-state index contributed by atoms with van der Waals surface area (Å²) in [5, 5.41) is 8.92. The van der Waals surface area contributed by atoms with E-state index in [2.05, 4.69) is 16.0 Å². The highest BCUT2D eigenvalue weighted by molar-refractivity contribution is 5.85. The van der Waals surface area contributed by atoms with Crippen LogP contribution < -0.4 is 16.0 Å². The van der Waals surface area contributed by atoms with E-state index in [0.29, 0.717) is 19.1 Å². The van der Waals surface area contributed by atoms with Crippen LogP contribution in [0.3, 0.4) is 0 Å². The van der Waals surface area contributed by atoms with Gasteiger partial charge in [0.25, 0.3) is 0 Å². The average molecular weight is 278 g/mol. The maximum atomic E-state index is 11.5. The summed E-state index contributed by atoms with van der Waals surface area (Å²) in [6, 6.07) is 0.410. The van der Waals surface area contributed by atoms with E-state index in [1.165, 1.54) is 6.42 Å². The maximum Gasteiger partial charge on any atom is 0.220 e. The highest BCUT2D eigenvalue weighted by Crippen LogP contribution is 2.03. The monoisotopic (exact) mass is 277 g/mol. The van der Waals surface area contributed by atoms with Crippen molar-refractivity contribution < 1.29 is 9.59 Å². The fourth-order valence-electron chi connectivity index (χ4n) is 1.84. The lowest BCUT2D eigenvalue weighted by Crippen LogP contribution is -2.37. The van der Waals surface area contributed by atoms with Gasteiger partial charge in [0.2, 0.25) is 11.8 Å². The van der Waals surface area contributed by atoms with E-state index in [0.717, 1.165) is 19.4 Å². The molecule has 2 amide bonds. The first-order valence-corrected chi connectivity index (χ1v) is 6.49. The number of carbonyl (C=O) groups excluding carboxylic acids is 2. The Kier molecular flexibility index (Phi) is 9.69. The lowest BCUT2D eigenvalue weighted by atomic mass is 10.2. The van der Waals surface area contributed by atoms with Gasteiger partial charge < -0.3 is 16.0 Å². The summed E-state index contributed by atoms with van der Waals surface area (Å²) in [4.78, 5) is 22.7. The van der Waals surface area contributed by atoms with Crippen LogP contribution in [0.15, 0.2) is 0 Å². The number of amides is 2.